The van der Waals surface area contributed by atoms with Gasteiger partial charge in [-0.2, -0.15) is 0 Å². The number of aromatic nitrogens is 1. The predicted octanol–water partition coefficient (Wildman–Crippen LogP) is 4.58. The first-order valence-electron chi connectivity index (χ1n) is 10.7. The first kappa shape index (κ1) is 20.8. The Balaban J connectivity index is 1.74. The third-order valence-corrected chi connectivity index (χ3v) is 5.70. The number of carbonyl (C=O) groups is 2. The van der Waals surface area contributed by atoms with Crippen molar-refractivity contribution in [2.45, 2.75) is 32.7 Å². The van der Waals surface area contributed by atoms with Gasteiger partial charge in [-0.05, 0) is 50.5 Å². The number of piperidine rings is 1. The molecule has 1 aliphatic rings. The molecule has 31 heavy (non-hydrogen) atoms. The summed E-state index contributed by atoms with van der Waals surface area (Å²) in [5, 5.41) is 3.69. The predicted molar refractivity (Wildman–Crippen MR) is 120 cm³/mol. The van der Waals surface area contributed by atoms with E-state index >= 15 is 0 Å². The van der Waals surface area contributed by atoms with E-state index in [1.165, 1.54) is 18.2 Å². The second kappa shape index (κ2) is 9.16. The molecule has 160 valence electrons. The van der Waals surface area contributed by atoms with Crippen LogP contribution in [0.25, 0.3) is 17.0 Å². The molecule has 0 bridgehead atoms. The van der Waals surface area contributed by atoms with Crippen molar-refractivity contribution in [1.29, 1.82) is 0 Å². The van der Waals surface area contributed by atoms with Crippen molar-refractivity contribution in [3.8, 4) is 0 Å². The summed E-state index contributed by atoms with van der Waals surface area (Å²) in [4.78, 5) is 27.9. The molecule has 1 aromatic heterocycles. The first-order chi connectivity index (χ1) is 15.1. The quantitative estimate of drug-likeness (QED) is 0.616. The molecule has 0 atom stereocenters. The van der Waals surface area contributed by atoms with Gasteiger partial charge in [0.1, 0.15) is 11.5 Å². The Morgan fingerprint density at radius 3 is 2.48 bits per heavy atom. The lowest BCUT2D eigenvalue weighted by Gasteiger charge is -2.27. The van der Waals surface area contributed by atoms with E-state index in [-0.39, 0.29) is 17.2 Å². The minimum atomic E-state index is -0.631. The number of hydrogen-bond donors (Lipinski definition) is 1. The monoisotopic (exact) mass is 419 g/mol. The highest BCUT2D eigenvalue weighted by Gasteiger charge is 2.23. The lowest BCUT2D eigenvalue weighted by atomic mass is 10.1. The molecular formula is C25H26FN3O2. The number of aryl methyl sites for hydroxylation is 1. The van der Waals surface area contributed by atoms with Crippen LogP contribution in [0.15, 0.2) is 60.4 Å². The summed E-state index contributed by atoms with van der Waals surface area (Å²) in [6.45, 7) is 4.15. The number of halogens is 1. The second-order valence-corrected chi connectivity index (χ2v) is 7.73. The number of nitrogens with zero attached hydrogens (tertiary/aromatic N) is 2. The summed E-state index contributed by atoms with van der Waals surface area (Å²) in [5.74, 6) is -1.49. The molecule has 0 unspecified atom stereocenters. The highest BCUT2D eigenvalue weighted by atomic mass is 19.1. The maximum absolute atomic E-state index is 14.2. The van der Waals surface area contributed by atoms with Crippen LogP contribution in [-0.2, 0) is 11.3 Å². The molecule has 0 radical (unpaired) electrons. The van der Waals surface area contributed by atoms with Crippen LogP contribution in [0.2, 0.25) is 0 Å². The summed E-state index contributed by atoms with van der Waals surface area (Å²) in [6.07, 6.45) is 6.66. The van der Waals surface area contributed by atoms with Gasteiger partial charge in [0, 0.05) is 42.3 Å². The van der Waals surface area contributed by atoms with E-state index in [1.54, 1.807) is 17.0 Å². The Bertz CT molecular complexity index is 1140. The summed E-state index contributed by atoms with van der Waals surface area (Å²) in [7, 11) is 0. The molecule has 0 aliphatic carbocycles. The van der Waals surface area contributed by atoms with Crippen molar-refractivity contribution < 1.29 is 14.0 Å². The maximum Gasteiger partial charge on any atom is 0.270 e. The van der Waals surface area contributed by atoms with Crippen molar-refractivity contribution in [1.82, 2.24) is 14.8 Å². The first-order valence-corrected chi connectivity index (χ1v) is 10.7. The third-order valence-electron chi connectivity index (χ3n) is 5.70. The van der Waals surface area contributed by atoms with E-state index < -0.39 is 11.7 Å². The smallest absolute Gasteiger partial charge is 0.270 e. The van der Waals surface area contributed by atoms with E-state index in [2.05, 4.69) is 16.8 Å². The Kier molecular flexibility index (Phi) is 6.16. The molecule has 3 aromatic rings. The molecule has 2 aromatic carbocycles. The summed E-state index contributed by atoms with van der Waals surface area (Å²) in [5.41, 5.74) is 1.97. The van der Waals surface area contributed by atoms with Crippen LogP contribution in [0.5, 0.6) is 0 Å². The van der Waals surface area contributed by atoms with Crippen LogP contribution in [-0.4, -0.2) is 34.4 Å². The van der Waals surface area contributed by atoms with Gasteiger partial charge in [-0.3, -0.25) is 9.59 Å². The fourth-order valence-electron chi connectivity index (χ4n) is 4.06. The molecule has 1 N–H and O–H groups in total. The van der Waals surface area contributed by atoms with Crippen LogP contribution < -0.4 is 5.32 Å². The number of nitrogens with one attached hydrogen (secondary N) is 1. The minimum absolute atomic E-state index is 0.0872. The normalized spacial score (nSPS) is 14.6. The van der Waals surface area contributed by atoms with Gasteiger partial charge in [0.05, 0.1) is 5.56 Å². The number of carbonyl (C=O) groups excluding carboxylic acids is 2. The Morgan fingerprint density at radius 2 is 1.74 bits per heavy atom. The molecular weight excluding hydrogens is 393 g/mol. The number of hydrogen-bond acceptors (Lipinski definition) is 2. The van der Waals surface area contributed by atoms with Gasteiger partial charge in [-0.1, -0.05) is 30.3 Å². The topological polar surface area (TPSA) is 54.3 Å². The Labute approximate surface area is 181 Å². The SMILES string of the molecule is CCn1cc(/C=C(\NC(=O)c2ccccc2F)C(=O)N2CCCCC2)c2ccccc21. The van der Waals surface area contributed by atoms with Crippen molar-refractivity contribution >= 4 is 28.8 Å². The van der Waals surface area contributed by atoms with E-state index in [0.29, 0.717) is 13.1 Å². The zero-order valence-electron chi connectivity index (χ0n) is 17.6. The van der Waals surface area contributed by atoms with Gasteiger partial charge in [0.2, 0.25) is 0 Å². The third kappa shape index (κ3) is 4.38. The standard InChI is InChI=1S/C25H26FN3O2/c1-2-28-17-18(19-10-5-7-13-23(19)28)16-22(25(31)29-14-8-3-9-15-29)27-24(30)20-11-4-6-12-21(20)26/h4-7,10-13,16-17H,2-3,8-9,14-15H2,1H3,(H,27,30)/b22-16-. The second-order valence-electron chi connectivity index (χ2n) is 7.73. The van der Waals surface area contributed by atoms with Gasteiger partial charge in [-0.25, -0.2) is 4.39 Å². The number of amides is 2. The largest absolute Gasteiger partial charge is 0.347 e. The van der Waals surface area contributed by atoms with E-state index in [9.17, 15) is 14.0 Å². The van der Waals surface area contributed by atoms with Crippen LogP contribution in [0.3, 0.4) is 0 Å². The fraction of sp³-hybridized carbons (Fsp3) is 0.280. The van der Waals surface area contributed by atoms with Crippen LogP contribution in [0.1, 0.15) is 42.1 Å². The van der Waals surface area contributed by atoms with E-state index in [4.69, 9.17) is 0 Å². The summed E-state index contributed by atoms with van der Waals surface area (Å²) >= 11 is 0. The molecule has 2 amide bonds. The zero-order valence-corrected chi connectivity index (χ0v) is 17.6. The molecule has 1 fully saturated rings. The van der Waals surface area contributed by atoms with Crippen LogP contribution in [0, 0.1) is 5.82 Å². The number of fused-ring (bicyclic) bond motifs is 1. The van der Waals surface area contributed by atoms with Crippen molar-refractivity contribution in [2.24, 2.45) is 0 Å². The Morgan fingerprint density at radius 1 is 1.03 bits per heavy atom. The van der Waals surface area contributed by atoms with E-state index in [1.807, 2.05) is 30.5 Å². The van der Waals surface area contributed by atoms with Gasteiger partial charge in [0.25, 0.3) is 11.8 Å². The molecule has 1 saturated heterocycles. The van der Waals surface area contributed by atoms with Crippen LogP contribution in [0.4, 0.5) is 4.39 Å². The van der Waals surface area contributed by atoms with Gasteiger partial charge in [0.15, 0.2) is 0 Å². The highest BCUT2D eigenvalue weighted by molar-refractivity contribution is 6.06. The highest BCUT2D eigenvalue weighted by Crippen LogP contribution is 2.24. The van der Waals surface area contributed by atoms with Crippen molar-refractivity contribution in [3.05, 3.63) is 77.4 Å². The van der Waals surface area contributed by atoms with Gasteiger partial charge < -0.3 is 14.8 Å². The number of benzene rings is 2. The minimum Gasteiger partial charge on any atom is -0.347 e. The fourth-order valence-corrected chi connectivity index (χ4v) is 4.06. The molecule has 4 rings (SSSR count). The lowest BCUT2D eigenvalue weighted by molar-refractivity contribution is -0.128. The Hall–Kier alpha value is -3.41. The zero-order chi connectivity index (χ0) is 21.8. The van der Waals surface area contributed by atoms with Crippen molar-refractivity contribution in [3.63, 3.8) is 0 Å². The van der Waals surface area contributed by atoms with Crippen molar-refractivity contribution in [2.75, 3.05) is 13.1 Å². The lowest BCUT2D eigenvalue weighted by Crippen LogP contribution is -2.41. The molecule has 0 spiro atoms. The van der Waals surface area contributed by atoms with Gasteiger partial charge in [-0.15, -0.1) is 0 Å². The molecule has 0 saturated carbocycles. The number of rotatable bonds is 5. The molecule has 6 heteroatoms. The number of likely N-dealkylation sites (tertiary alicyclic amines) is 1. The van der Waals surface area contributed by atoms with Crippen LogP contribution >= 0.6 is 0 Å². The molecule has 5 nitrogen and oxygen atoms in total. The number of para-hydroxylation sites is 1. The van der Waals surface area contributed by atoms with Gasteiger partial charge >= 0.3 is 0 Å². The average Bonchev–Trinajstić information content (AvgIpc) is 3.16. The molecule has 1 aliphatic heterocycles. The summed E-state index contributed by atoms with van der Waals surface area (Å²) in [6, 6.07) is 13.7. The summed E-state index contributed by atoms with van der Waals surface area (Å²) < 4.78 is 16.3. The van der Waals surface area contributed by atoms with E-state index in [0.717, 1.165) is 42.3 Å². The average molecular weight is 420 g/mol. The molecule has 2 heterocycles. The maximum atomic E-state index is 14.2.